The molecule has 1 aromatic rings. The molecule has 7 nitrogen and oxygen atoms in total. The summed E-state index contributed by atoms with van der Waals surface area (Å²) in [5.41, 5.74) is 0.220. The van der Waals surface area contributed by atoms with Crippen molar-refractivity contribution in [1.29, 1.82) is 0 Å². The first-order chi connectivity index (χ1) is 12.3. The van der Waals surface area contributed by atoms with E-state index in [4.69, 9.17) is 30.1 Å². The summed E-state index contributed by atoms with van der Waals surface area (Å²) in [6.07, 6.45) is 4.96. The van der Waals surface area contributed by atoms with Gasteiger partial charge in [-0.15, -0.1) is 6.42 Å². The molecule has 0 aliphatic rings. The molecule has 1 amide bonds. The molecule has 7 heteroatoms. The Morgan fingerprint density at radius 1 is 1.04 bits per heavy atom. The highest BCUT2D eigenvalue weighted by Gasteiger charge is 2.19. The van der Waals surface area contributed by atoms with Crippen molar-refractivity contribution in [2.45, 2.75) is 26.4 Å². The van der Waals surface area contributed by atoms with Gasteiger partial charge in [-0.05, 0) is 20.8 Å². The summed E-state index contributed by atoms with van der Waals surface area (Å²) in [5.74, 6) is 3.42. The Morgan fingerprint density at radius 2 is 1.58 bits per heavy atom. The largest absolute Gasteiger partial charge is 0.487 e. The number of anilines is 1. The summed E-state index contributed by atoms with van der Waals surface area (Å²) in [5, 5.41) is 2.65. The highest BCUT2D eigenvalue weighted by Crippen LogP contribution is 2.34. The normalized spacial score (nSPS) is 10.8. The van der Waals surface area contributed by atoms with Crippen molar-refractivity contribution in [3.8, 4) is 23.8 Å². The summed E-state index contributed by atoms with van der Waals surface area (Å²) in [6.45, 7) is 6.81. The van der Waals surface area contributed by atoms with Crippen LogP contribution in [0.5, 0.6) is 11.5 Å². The van der Waals surface area contributed by atoms with E-state index in [2.05, 4.69) is 11.2 Å². The Balaban J connectivity index is 3.06. The molecule has 0 saturated carbocycles. The Kier molecular flexibility index (Phi) is 8.76. The first-order valence-electron chi connectivity index (χ1n) is 8.19. The van der Waals surface area contributed by atoms with Crippen LogP contribution in [0.1, 0.15) is 26.3 Å². The van der Waals surface area contributed by atoms with Crippen LogP contribution in [0.2, 0.25) is 0 Å². The zero-order chi connectivity index (χ0) is 19.6. The lowest BCUT2D eigenvalue weighted by Gasteiger charge is -2.21. The van der Waals surface area contributed by atoms with Crippen LogP contribution < -0.4 is 14.8 Å². The van der Waals surface area contributed by atoms with E-state index in [-0.39, 0.29) is 0 Å². The fourth-order valence-corrected chi connectivity index (χ4v) is 1.89. The van der Waals surface area contributed by atoms with Crippen molar-refractivity contribution in [1.82, 2.24) is 0 Å². The number of rotatable bonds is 9. The third-order valence-corrected chi connectivity index (χ3v) is 2.97. The second-order valence-corrected chi connectivity index (χ2v) is 6.30. The zero-order valence-electron chi connectivity index (χ0n) is 16.0. The van der Waals surface area contributed by atoms with Gasteiger partial charge in [0.15, 0.2) is 11.5 Å². The summed E-state index contributed by atoms with van der Waals surface area (Å²) >= 11 is 0. The molecular weight excluding hydrogens is 338 g/mol. The van der Waals surface area contributed by atoms with E-state index in [1.54, 1.807) is 47.1 Å². The lowest BCUT2D eigenvalue weighted by Crippen LogP contribution is -2.27. The van der Waals surface area contributed by atoms with Crippen LogP contribution in [-0.2, 0) is 14.2 Å². The SMILES string of the molecule is C#Cc1cc(OCCOC)c(OCCOC)cc1NC(=O)OC(C)(C)C. The third-order valence-electron chi connectivity index (χ3n) is 2.97. The van der Waals surface area contributed by atoms with E-state index in [9.17, 15) is 4.79 Å². The van der Waals surface area contributed by atoms with E-state index >= 15 is 0 Å². The van der Waals surface area contributed by atoms with Gasteiger partial charge in [-0.2, -0.15) is 0 Å². The molecular formula is C19H27NO6. The molecule has 0 aromatic heterocycles. The third kappa shape index (κ3) is 7.64. The molecule has 0 bridgehead atoms. The van der Waals surface area contributed by atoms with Crippen molar-refractivity contribution in [3.63, 3.8) is 0 Å². The maximum absolute atomic E-state index is 12.1. The van der Waals surface area contributed by atoms with E-state index < -0.39 is 11.7 Å². The topological polar surface area (TPSA) is 75.3 Å². The molecule has 144 valence electrons. The van der Waals surface area contributed by atoms with Crippen LogP contribution in [0.15, 0.2) is 12.1 Å². The monoisotopic (exact) mass is 365 g/mol. The molecule has 0 saturated heterocycles. The van der Waals surface area contributed by atoms with Crippen LogP contribution >= 0.6 is 0 Å². The molecule has 0 radical (unpaired) electrons. The number of carbonyl (C=O) groups excluding carboxylic acids is 1. The van der Waals surface area contributed by atoms with Crippen molar-refractivity contribution >= 4 is 11.8 Å². The minimum atomic E-state index is -0.624. The van der Waals surface area contributed by atoms with Gasteiger partial charge >= 0.3 is 6.09 Å². The maximum Gasteiger partial charge on any atom is 0.412 e. The quantitative estimate of drug-likeness (QED) is 0.535. The van der Waals surface area contributed by atoms with Gasteiger partial charge in [0, 0.05) is 26.4 Å². The molecule has 26 heavy (non-hydrogen) atoms. The van der Waals surface area contributed by atoms with Gasteiger partial charge in [-0.3, -0.25) is 5.32 Å². The smallest absolute Gasteiger partial charge is 0.412 e. The maximum atomic E-state index is 12.1. The number of nitrogens with one attached hydrogen (secondary N) is 1. The van der Waals surface area contributed by atoms with Crippen molar-refractivity contribution in [2.75, 3.05) is 46.0 Å². The van der Waals surface area contributed by atoms with Gasteiger partial charge in [0.05, 0.1) is 24.5 Å². The molecule has 1 rings (SSSR count). The molecule has 1 N–H and O–H groups in total. The van der Waals surface area contributed by atoms with Gasteiger partial charge < -0.3 is 23.7 Å². The molecule has 0 unspecified atom stereocenters. The van der Waals surface area contributed by atoms with Crippen LogP contribution in [-0.4, -0.2) is 52.3 Å². The number of benzene rings is 1. The van der Waals surface area contributed by atoms with Crippen molar-refractivity contribution in [3.05, 3.63) is 17.7 Å². The minimum absolute atomic E-state index is 0.318. The second-order valence-electron chi connectivity index (χ2n) is 6.30. The average Bonchev–Trinajstić information content (AvgIpc) is 2.55. The highest BCUT2D eigenvalue weighted by molar-refractivity contribution is 5.87. The number of hydrogen-bond donors (Lipinski definition) is 1. The fourth-order valence-electron chi connectivity index (χ4n) is 1.89. The van der Waals surface area contributed by atoms with Gasteiger partial charge in [0.2, 0.25) is 0 Å². The molecule has 0 fully saturated rings. The zero-order valence-corrected chi connectivity index (χ0v) is 16.0. The molecule has 1 aromatic carbocycles. The number of amides is 1. The van der Waals surface area contributed by atoms with Crippen molar-refractivity contribution in [2.24, 2.45) is 0 Å². The fraction of sp³-hybridized carbons (Fsp3) is 0.526. The van der Waals surface area contributed by atoms with E-state index in [0.29, 0.717) is 49.2 Å². The molecule has 0 spiro atoms. The Labute approximate surface area is 154 Å². The number of terminal acetylenes is 1. The van der Waals surface area contributed by atoms with Crippen LogP contribution in [0, 0.1) is 12.3 Å². The van der Waals surface area contributed by atoms with E-state index in [1.807, 2.05) is 0 Å². The highest BCUT2D eigenvalue weighted by atomic mass is 16.6. The Bertz CT molecular complexity index is 630. The molecule has 0 aliphatic heterocycles. The number of ether oxygens (including phenoxy) is 5. The van der Waals surface area contributed by atoms with Gasteiger partial charge in [0.1, 0.15) is 18.8 Å². The van der Waals surface area contributed by atoms with Crippen LogP contribution in [0.25, 0.3) is 0 Å². The second kappa shape index (κ2) is 10.5. The molecule has 0 heterocycles. The summed E-state index contributed by atoms with van der Waals surface area (Å²) < 4.78 is 26.6. The summed E-state index contributed by atoms with van der Waals surface area (Å²) in [6, 6.07) is 3.24. The van der Waals surface area contributed by atoms with E-state index in [1.165, 1.54) is 0 Å². The number of hydrogen-bond acceptors (Lipinski definition) is 6. The predicted molar refractivity (Wildman–Crippen MR) is 99.0 cm³/mol. The van der Waals surface area contributed by atoms with Crippen LogP contribution in [0.4, 0.5) is 10.5 Å². The first kappa shape index (κ1) is 21.6. The number of methoxy groups -OCH3 is 2. The lowest BCUT2D eigenvalue weighted by molar-refractivity contribution is 0.0636. The molecule has 0 aliphatic carbocycles. The first-order valence-corrected chi connectivity index (χ1v) is 8.19. The van der Waals surface area contributed by atoms with Gasteiger partial charge in [-0.1, -0.05) is 5.92 Å². The number of carbonyl (C=O) groups is 1. The Hall–Kier alpha value is -2.43. The minimum Gasteiger partial charge on any atom is -0.487 e. The van der Waals surface area contributed by atoms with E-state index in [0.717, 1.165) is 0 Å². The Morgan fingerprint density at radius 3 is 2.04 bits per heavy atom. The van der Waals surface area contributed by atoms with Crippen molar-refractivity contribution < 1.29 is 28.5 Å². The van der Waals surface area contributed by atoms with Crippen LogP contribution in [0.3, 0.4) is 0 Å². The standard InChI is InChI=1S/C19H27NO6/c1-7-14-12-16(24-10-8-22-5)17(25-11-9-23-6)13-15(14)20-18(21)26-19(2,3)4/h1,12-13H,8-11H2,2-6H3,(H,20,21). The lowest BCUT2D eigenvalue weighted by atomic mass is 10.1. The summed E-state index contributed by atoms with van der Waals surface area (Å²) in [4.78, 5) is 12.1. The molecule has 0 atom stereocenters. The summed E-state index contributed by atoms with van der Waals surface area (Å²) in [7, 11) is 3.16. The van der Waals surface area contributed by atoms with Gasteiger partial charge in [0.25, 0.3) is 0 Å². The average molecular weight is 365 g/mol. The predicted octanol–water partition coefficient (Wildman–Crippen LogP) is 3.07. The van der Waals surface area contributed by atoms with Gasteiger partial charge in [-0.25, -0.2) is 4.79 Å².